The fraction of sp³-hybridized carbons (Fsp3) is 0.250. The Labute approximate surface area is 135 Å². The lowest BCUT2D eigenvalue weighted by atomic mass is 10.1. The number of hydrogen-bond donors (Lipinski definition) is 0. The van der Waals surface area contributed by atoms with Crippen molar-refractivity contribution in [3.05, 3.63) is 57.8 Å². The van der Waals surface area contributed by atoms with Crippen LogP contribution in [-0.2, 0) is 0 Å². The number of amides is 2. The van der Waals surface area contributed by atoms with E-state index in [1.54, 1.807) is 11.0 Å². The van der Waals surface area contributed by atoms with Gasteiger partial charge in [-0.05, 0) is 29.6 Å². The normalized spacial score (nSPS) is 14.9. The Bertz CT molecular complexity index is 726. The Kier molecular flexibility index (Phi) is 4.38. The minimum absolute atomic E-state index is 0.0657. The van der Waals surface area contributed by atoms with Crippen LogP contribution in [0.15, 0.2) is 35.7 Å². The van der Waals surface area contributed by atoms with Crippen molar-refractivity contribution in [2.75, 3.05) is 26.2 Å². The maximum atomic E-state index is 13.7. The molecular weight excluding hydrogens is 322 g/mol. The highest BCUT2D eigenvalue weighted by Crippen LogP contribution is 2.17. The zero-order chi connectivity index (χ0) is 16.4. The average Bonchev–Trinajstić information content (AvgIpc) is 3.10. The van der Waals surface area contributed by atoms with Gasteiger partial charge < -0.3 is 9.80 Å². The SMILES string of the molecule is O=C(c1cccs1)N1CCN(C(=O)c2cc(F)ccc2F)CC1. The monoisotopic (exact) mass is 336 g/mol. The van der Waals surface area contributed by atoms with Crippen molar-refractivity contribution in [1.29, 1.82) is 0 Å². The molecule has 0 saturated carbocycles. The molecule has 0 spiro atoms. The van der Waals surface area contributed by atoms with Crippen molar-refractivity contribution in [1.82, 2.24) is 9.80 Å². The minimum Gasteiger partial charge on any atom is -0.335 e. The Morgan fingerprint density at radius 2 is 1.61 bits per heavy atom. The molecule has 1 aromatic heterocycles. The van der Waals surface area contributed by atoms with E-state index in [0.29, 0.717) is 31.1 Å². The summed E-state index contributed by atoms with van der Waals surface area (Å²) in [7, 11) is 0. The number of benzene rings is 1. The number of rotatable bonds is 2. The van der Waals surface area contributed by atoms with Crippen LogP contribution in [-0.4, -0.2) is 47.8 Å². The van der Waals surface area contributed by atoms with Crippen LogP contribution in [0.2, 0.25) is 0 Å². The molecule has 0 radical (unpaired) electrons. The molecule has 1 aliphatic rings. The van der Waals surface area contributed by atoms with Gasteiger partial charge in [-0.25, -0.2) is 8.78 Å². The van der Waals surface area contributed by atoms with Crippen molar-refractivity contribution in [2.45, 2.75) is 0 Å². The van der Waals surface area contributed by atoms with E-state index in [0.717, 1.165) is 18.2 Å². The highest BCUT2D eigenvalue weighted by molar-refractivity contribution is 7.12. The standard InChI is InChI=1S/C16H14F2N2O2S/c17-11-3-4-13(18)12(10-11)15(21)19-5-7-20(8-6-19)16(22)14-2-1-9-23-14/h1-4,9-10H,5-8H2. The van der Waals surface area contributed by atoms with E-state index in [1.807, 2.05) is 11.4 Å². The van der Waals surface area contributed by atoms with Crippen molar-refractivity contribution in [3.8, 4) is 0 Å². The first-order valence-corrected chi connectivity index (χ1v) is 8.01. The largest absolute Gasteiger partial charge is 0.335 e. The van der Waals surface area contributed by atoms with Crippen molar-refractivity contribution < 1.29 is 18.4 Å². The molecule has 0 bridgehead atoms. The zero-order valence-electron chi connectivity index (χ0n) is 12.2. The number of piperazine rings is 1. The van der Waals surface area contributed by atoms with E-state index < -0.39 is 17.5 Å². The van der Waals surface area contributed by atoms with Crippen LogP contribution in [0.4, 0.5) is 8.78 Å². The van der Waals surface area contributed by atoms with E-state index in [9.17, 15) is 18.4 Å². The Morgan fingerprint density at radius 1 is 0.957 bits per heavy atom. The molecule has 0 aliphatic carbocycles. The minimum atomic E-state index is -0.742. The van der Waals surface area contributed by atoms with Gasteiger partial charge in [-0.2, -0.15) is 0 Å². The van der Waals surface area contributed by atoms with Crippen molar-refractivity contribution >= 4 is 23.2 Å². The van der Waals surface area contributed by atoms with Crippen LogP contribution in [0.3, 0.4) is 0 Å². The summed E-state index contributed by atoms with van der Waals surface area (Å²) in [5.41, 5.74) is -0.275. The molecule has 7 heteroatoms. The second-order valence-electron chi connectivity index (χ2n) is 5.19. The van der Waals surface area contributed by atoms with Crippen molar-refractivity contribution in [2.24, 2.45) is 0 Å². The molecule has 120 valence electrons. The van der Waals surface area contributed by atoms with Crippen LogP contribution in [0.25, 0.3) is 0 Å². The molecular formula is C16H14F2N2O2S. The second kappa shape index (κ2) is 6.45. The summed E-state index contributed by atoms with van der Waals surface area (Å²) in [4.78, 5) is 28.3. The van der Waals surface area contributed by atoms with Crippen LogP contribution < -0.4 is 0 Å². The molecule has 1 aromatic carbocycles. The van der Waals surface area contributed by atoms with E-state index in [4.69, 9.17) is 0 Å². The third-order valence-corrected chi connectivity index (χ3v) is 4.60. The van der Waals surface area contributed by atoms with Gasteiger partial charge in [0.05, 0.1) is 10.4 Å². The van der Waals surface area contributed by atoms with E-state index in [1.165, 1.54) is 16.2 Å². The molecule has 2 amide bonds. The van der Waals surface area contributed by atoms with Gasteiger partial charge >= 0.3 is 0 Å². The van der Waals surface area contributed by atoms with E-state index in [-0.39, 0.29) is 11.5 Å². The maximum Gasteiger partial charge on any atom is 0.264 e. The number of halogens is 2. The second-order valence-corrected chi connectivity index (χ2v) is 6.13. The predicted octanol–water partition coefficient (Wildman–Crippen LogP) is 2.62. The first-order chi connectivity index (χ1) is 11.1. The number of carbonyl (C=O) groups is 2. The molecule has 3 rings (SSSR count). The molecule has 0 unspecified atom stereocenters. The summed E-state index contributed by atoms with van der Waals surface area (Å²) < 4.78 is 26.9. The first-order valence-electron chi connectivity index (χ1n) is 7.13. The Balaban J connectivity index is 1.66. The molecule has 2 aromatic rings. The van der Waals surface area contributed by atoms with Gasteiger partial charge in [0.25, 0.3) is 11.8 Å². The fourth-order valence-corrected chi connectivity index (χ4v) is 3.19. The smallest absolute Gasteiger partial charge is 0.264 e. The van der Waals surface area contributed by atoms with E-state index in [2.05, 4.69) is 0 Å². The molecule has 0 atom stereocenters. The van der Waals surface area contributed by atoms with E-state index >= 15 is 0 Å². The van der Waals surface area contributed by atoms with Crippen LogP contribution >= 0.6 is 11.3 Å². The topological polar surface area (TPSA) is 40.6 Å². The summed E-state index contributed by atoms with van der Waals surface area (Å²) in [5.74, 6) is -2.01. The molecule has 1 saturated heterocycles. The number of nitrogens with zero attached hydrogens (tertiary/aromatic N) is 2. The molecule has 2 heterocycles. The lowest BCUT2D eigenvalue weighted by molar-refractivity contribution is 0.0535. The predicted molar refractivity (Wildman–Crippen MR) is 82.5 cm³/mol. The Hall–Kier alpha value is -2.28. The lowest BCUT2D eigenvalue weighted by Gasteiger charge is -2.34. The molecule has 1 fully saturated rings. The fourth-order valence-electron chi connectivity index (χ4n) is 2.50. The maximum absolute atomic E-state index is 13.7. The average molecular weight is 336 g/mol. The van der Waals surface area contributed by atoms with Crippen molar-refractivity contribution in [3.63, 3.8) is 0 Å². The van der Waals surface area contributed by atoms with Gasteiger partial charge in [-0.1, -0.05) is 6.07 Å². The van der Waals surface area contributed by atoms with Gasteiger partial charge in [0, 0.05) is 26.2 Å². The Morgan fingerprint density at radius 3 is 2.22 bits per heavy atom. The quantitative estimate of drug-likeness (QED) is 0.846. The number of hydrogen-bond acceptors (Lipinski definition) is 3. The highest BCUT2D eigenvalue weighted by Gasteiger charge is 2.27. The molecule has 0 N–H and O–H groups in total. The lowest BCUT2D eigenvalue weighted by Crippen LogP contribution is -2.50. The highest BCUT2D eigenvalue weighted by atomic mass is 32.1. The van der Waals surface area contributed by atoms with Gasteiger partial charge in [0.15, 0.2) is 0 Å². The zero-order valence-corrected chi connectivity index (χ0v) is 13.0. The summed E-state index contributed by atoms with van der Waals surface area (Å²) >= 11 is 1.37. The number of thiophene rings is 1. The third-order valence-electron chi connectivity index (χ3n) is 3.74. The van der Waals surface area contributed by atoms with Gasteiger partial charge in [0.2, 0.25) is 0 Å². The number of carbonyl (C=O) groups excluding carboxylic acids is 2. The summed E-state index contributed by atoms with van der Waals surface area (Å²) in [6.45, 7) is 1.34. The summed E-state index contributed by atoms with van der Waals surface area (Å²) in [6, 6.07) is 6.39. The summed E-state index contributed by atoms with van der Waals surface area (Å²) in [6.07, 6.45) is 0. The molecule has 1 aliphatic heterocycles. The van der Waals surface area contributed by atoms with Crippen LogP contribution in [0, 0.1) is 11.6 Å². The summed E-state index contributed by atoms with van der Waals surface area (Å²) in [5, 5.41) is 1.83. The van der Waals surface area contributed by atoms with Gasteiger partial charge in [-0.3, -0.25) is 9.59 Å². The van der Waals surface area contributed by atoms with Crippen LogP contribution in [0.1, 0.15) is 20.0 Å². The molecule has 4 nitrogen and oxygen atoms in total. The third kappa shape index (κ3) is 3.24. The van der Waals surface area contributed by atoms with Gasteiger partial charge in [-0.15, -0.1) is 11.3 Å². The van der Waals surface area contributed by atoms with Crippen LogP contribution in [0.5, 0.6) is 0 Å². The first kappa shape index (κ1) is 15.6. The van der Waals surface area contributed by atoms with Gasteiger partial charge in [0.1, 0.15) is 11.6 Å². The molecule has 23 heavy (non-hydrogen) atoms.